The number of amides is 3. The fourth-order valence-corrected chi connectivity index (χ4v) is 3.43. The summed E-state index contributed by atoms with van der Waals surface area (Å²) in [5, 5.41) is 8.89. The van der Waals surface area contributed by atoms with Crippen molar-refractivity contribution in [3.8, 4) is 0 Å². The molecule has 0 saturated carbocycles. The van der Waals surface area contributed by atoms with Gasteiger partial charge in [-0.3, -0.25) is 9.59 Å². The molecule has 0 aromatic rings. The third-order valence-electron chi connectivity index (χ3n) is 5.29. The summed E-state index contributed by atoms with van der Waals surface area (Å²) in [6, 6.07) is -1.41. The Balaban J connectivity index is 4.79. The molecule has 0 spiro atoms. The number of ketones is 1. The number of nitrogens with two attached hydrogens (primary N) is 1. The number of carbonyl (C=O) groups is 3. The van der Waals surface area contributed by atoms with Crippen LogP contribution in [0.4, 0.5) is 4.79 Å². The van der Waals surface area contributed by atoms with Crippen LogP contribution in [0.15, 0.2) is 0 Å². The molecule has 0 aromatic heterocycles. The highest BCUT2D eigenvalue weighted by atomic mass is 16.2. The van der Waals surface area contributed by atoms with Crippen LogP contribution in [0.3, 0.4) is 0 Å². The fourth-order valence-electron chi connectivity index (χ4n) is 3.43. The van der Waals surface area contributed by atoms with Gasteiger partial charge >= 0.3 is 6.03 Å². The summed E-state index contributed by atoms with van der Waals surface area (Å²) in [6.45, 7) is 9.54. The zero-order valence-electron chi connectivity index (χ0n) is 19.7. The lowest BCUT2D eigenvalue weighted by atomic mass is 9.98. The van der Waals surface area contributed by atoms with Gasteiger partial charge in [0, 0.05) is 13.0 Å². The van der Waals surface area contributed by atoms with Crippen LogP contribution in [0.25, 0.3) is 0 Å². The van der Waals surface area contributed by atoms with Crippen molar-refractivity contribution >= 4 is 17.7 Å². The first-order valence-electron chi connectivity index (χ1n) is 11.9. The van der Waals surface area contributed by atoms with Gasteiger partial charge in [-0.05, 0) is 38.1 Å². The lowest BCUT2D eigenvalue weighted by Crippen LogP contribution is -2.52. The summed E-state index contributed by atoms with van der Waals surface area (Å²) >= 11 is 0. The van der Waals surface area contributed by atoms with E-state index in [1.54, 1.807) is 0 Å². The molecule has 0 aliphatic rings. The molecule has 7 nitrogen and oxygen atoms in total. The molecule has 0 unspecified atom stereocenters. The summed E-state index contributed by atoms with van der Waals surface area (Å²) in [5.41, 5.74) is 5.10. The first kappa shape index (κ1) is 28.4. The number of hydrogen-bond acceptors (Lipinski definition) is 4. The molecular weight excluding hydrogens is 380 g/mol. The minimum Gasteiger partial charge on any atom is -0.352 e. The summed E-state index contributed by atoms with van der Waals surface area (Å²) in [4.78, 5) is 36.5. The van der Waals surface area contributed by atoms with Crippen LogP contribution >= 0.6 is 0 Å². The summed E-state index contributed by atoms with van der Waals surface area (Å²) in [6.07, 6.45) is 10.3. The molecular formula is C23H46N4O3. The molecule has 0 bridgehead atoms. The van der Waals surface area contributed by atoms with Crippen molar-refractivity contribution in [1.82, 2.24) is 16.0 Å². The van der Waals surface area contributed by atoms with Gasteiger partial charge in [0.15, 0.2) is 5.78 Å². The SMILES string of the molecule is CCCCCCN[C@H](C(=O)N[C@@H](CCCNC(N)=O)C(=O)CCCCCC)C(C)C. The molecule has 0 aliphatic carbocycles. The highest BCUT2D eigenvalue weighted by Gasteiger charge is 2.26. The molecule has 3 amide bonds. The highest BCUT2D eigenvalue weighted by Crippen LogP contribution is 2.10. The number of rotatable bonds is 19. The Labute approximate surface area is 183 Å². The van der Waals surface area contributed by atoms with E-state index in [9.17, 15) is 14.4 Å². The molecule has 2 atom stereocenters. The fraction of sp³-hybridized carbons (Fsp3) is 0.870. The van der Waals surface area contributed by atoms with Crippen LogP contribution in [0.5, 0.6) is 0 Å². The maximum absolute atomic E-state index is 12.9. The van der Waals surface area contributed by atoms with Gasteiger partial charge in [0.2, 0.25) is 5.91 Å². The number of urea groups is 1. The molecule has 30 heavy (non-hydrogen) atoms. The number of hydrogen-bond donors (Lipinski definition) is 4. The largest absolute Gasteiger partial charge is 0.352 e. The van der Waals surface area contributed by atoms with Crippen molar-refractivity contribution in [2.45, 2.75) is 110 Å². The normalized spacial score (nSPS) is 13.1. The van der Waals surface area contributed by atoms with Crippen molar-refractivity contribution in [2.24, 2.45) is 11.7 Å². The van der Waals surface area contributed by atoms with E-state index in [1.165, 1.54) is 12.8 Å². The van der Waals surface area contributed by atoms with Gasteiger partial charge in [0.25, 0.3) is 0 Å². The molecule has 0 fully saturated rings. The maximum atomic E-state index is 12.9. The monoisotopic (exact) mass is 426 g/mol. The number of Topliss-reactive ketones (excluding diaryl/α,β-unsaturated/α-hetero) is 1. The third kappa shape index (κ3) is 14.4. The molecule has 0 heterocycles. The first-order chi connectivity index (χ1) is 14.3. The molecule has 7 heteroatoms. The zero-order valence-corrected chi connectivity index (χ0v) is 19.7. The van der Waals surface area contributed by atoms with Crippen molar-refractivity contribution in [2.75, 3.05) is 13.1 Å². The van der Waals surface area contributed by atoms with E-state index >= 15 is 0 Å². The Morgan fingerprint density at radius 2 is 1.47 bits per heavy atom. The average Bonchev–Trinajstić information content (AvgIpc) is 2.69. The predicted molar refractivity (Wildman–Crippen MR) is 123 cm³/mol. The Hall–Kier alpha value is -1.63. The molecule has 0 rings (SSSR count). The zero-order chi connectivity index (χ0) is 22.8. The Morgan fingerprint density at radius 3 is 2.03 bits per heavy atom. The number of unbranched alkanes of at least 4 members (excludes halogenated alkanes) is 6. The van der Waals surface area contributed by atoms with Gasteiger partial charge in [0.1, 0.15) is 0 Å². The quantitative estimate of drug-likeness (QED) is 0.236. The van der Waals surface area contributed by atoms with Gasteiger partial charge in [0.05, 0.1) is 12.1 Å². The number of primary amides is 1. The van der Waals surface area contributed by atoms with Crippen molar-refractivity contribution in [3.63, 3.8) is 0 Å². The average molecular weight is 427 g/mol. The molecule has 176 valence electrons. The van der Waals surface area contributed by atoms with Crippen LogP contribution in [0.1, 0.15) is 98.3 Å². The van der Waals surface area contributed by atoms with Crippen molar-refractivity contribution in [1.29, 1.82) is 0 Å². The van der Waals surface area contributed by atoms with E-state index in [4.69, 9.17) is 5.73 Å². The topological polar surface area (TPSA) is 113 Å². The van der Waals surface area contributed by atoms with Gasteiger partial charge in [-0.1, -0.05) is 66.2 Å². The van der Waals surface area contributed by atoms with E-state index in [-0.39, 0.29) is 23.7 Å². The minimum atomic E-state index is -0.575. The van der Waals surface area contributed by atoms with Crippen LogP contribution < -0.4 is 21.7 Å². The van der Waals surface area contributed by atoms with Gasteiger partial charge in [-0.2, -0.15) is 0 Å². The van der Waals surface area contributed by atoms with Crippen LogP contribution in [-0.4, -0.2) is 42.9 Å². The molecule has 5 N–H and O–H groups in total. The standard InChI is InChI=1S/C23H46N4O3/c1-5-7-9-11-15-20(28)19(14-13-17-26-23(24)30)27-22(29)21(18(3)4)25-16-12-10-8-6-2/h18-19,21,25H,5-17H2,1-4H3,(H,27,29)(H3,24,26,30)/t19-,21-/m0/s1. The molecule has 0 saturated heterocycles. The van der Waals surface area contributed by atoms with Crippen LogP contribution in [0, 0.1) is 5.92 Å². The lowest BCUT2D eigenvalue weighted by Gasteiger charge is -2.25. The third-order valence-corrected chi connectivity index (χ3v) is 5.29. The number of carbonyl (C=O) groups excluding carboxylic acids is 3. The second kappa shape index (κ2) is 18.2. The van der Waals surface area contributed by atoms with E-state index in [0.29, 0.717) is 25.8 Å². The van der Waals surface area contributed by atoms with Crippen molar-refractivity contribution in [3.05, 3.63) is 0 Å². The van der Waals surface area contributed by atoms with E-state index in [1.807, 2.05) is 13.8 Å². The summed E-state index contributed by atoms with van der Waals surface area (Å²) in [5.74, 6) is 0.0900. The first-order valence-corrected chi connectivity index (χ1v) is 11.9. The molecule has 0 aliphatic heterocycles. The van der Waals surface area contributed by atoms with E-state index < -0.39 is 12.1 Å². The Morgan fingerprint density at radius 1 is 0.833 bits per heavy atom. The second-order valence-corrected chi connectivity index (χ2v) is 8.51. The smallest absolute Gasteiger partial charge is 0.312 e. The van der Waals surface area contributed by atoms with E-state index in [0.717, 1.165) is 45.1 Å². The second-order valence-electron chi connectivity index (χ2n) is 8.51. The number of nitrogens with one attached hydrogen (secondary N) is 3. The Kier molecular flexibility index (Phi) is 17.2. The van der Waals surface area contributed by atoms with E-state index in [2.05, 4.69) is 29.8 Å². The summed E-state index contributed by atoms with van der Waals surface area (Å²) in [7, 11) is 0. The van der Waals surface area contributed by atoms with Crippen LogP contribution in [0.2, 0.25) is 0 Å². The summed E-state index contributed by atoms with van der Waals surface area (Å²) < 4.78 is 0. The van der Waals surface area contributed by atoms with Crippen LogP contribution in [-0.2, 0) is 9.59 Å². The lowest BCUT2D eigenvalue weighted by molar-refractivity contribution is -0.130. The van der Waals surface area contributed by atoms with Gasteiger partial charge < -0.3 is 21.7 Å². The van der Waals surface area contributed by atoms with Gasteiger partial charge in [-0.15, -0.1) is 0 Å². The molecule has 0 aromatic carbocycles. The predicted octanol–water partition coefficient (Wildman–Crippen LogP) is 3.65. The van der Waals surface area contributed by atoms with Crippen molar-refractivity contribution < 1.29 is 14.4 Å². The highest BCUT2D eigenvalue weighted by molar-refractivity contribution is 5.91. The minimum absolute atomic E-state index is 0.0731. The maximum Gasteiger partial charge on any atom is 0.312 e. The molecule has 0 radical (unpaired) electrons. The Bertz CT molecular complexity index is 483. The van der Waals surface area contributed by atoms with Gasteiger partial charge in [-0.25, -0.2) is 4.79 Å².